The van der Waals surface area contributed by atoms with Crippen LogP contribution in [0.3, 0.4) is 0 Å². The number of nitrogens with one attached hydrogen (secondary N) is 1. The minimum absolute atomic E-state index is 0.0960. The van der Waals surface area contributed by atoms with E-state index in [2.05, 4.69) is 31.0 Å². The molecule has 0 aromatic carbocycles. The van der Waals surface area contributed by atoms with E-state index in [1.165, 1.54) is 38.8 Å². The average molecular weight is 282 g/mol. The molecule has 0 aromatic rings. The standard InChI is InChI=1S/C17H34N2O/c1-14(2)18-12-17(8-6-15(3)7-9-17)13-19-10-4-5-16(20)11-19/h14-16,18,20H,4-13H2,1-3H3. The lowest BCUT2D eigenvalue weighted by Crippen LogP contribution is -2.50. The van der Waals surface area contributed by atoms with E-state index >= 15 is 0 Å². The van der Waals surface area contributed by atoms with Crippen molar-refractivity contribution in [3.63, 3.8) is 0 Å². The van der Waals surface area contributed by atoms with Gasteiger partial charge in [0.15, 0.2) is 0 Å². The number of hydrogen-bond donors (Lipinski definition) is 2. The molecule has 3 nitrogen and oxygen atoms in total. The van der Waals surface area contributed by atoms with Crippen molar-refractivity contribution in [2.24, 2.45) is 11.3 Å². The summed E-state index contributed by atoms with van der Waals surface area (Å²) in [6.45, 7) is 11.3. The molecule has 0 radical (unpaired) electrons. The molecule has 1 aliphatic heterocycles. The van der Waals surface area contributed by atoms with Crippen LogP contribution in [0.5, 0.6) is 0 Å². The van der Waals surface area contributed by atoms with Gasteiger partial charge in [-0.05, 0) is 43.6 Å². The largest absolute Gasteiger partial charge is 0.392 e. The first kappa shape index (κ1) is 16.3. The van der Waals surface area contributed by atoms with Gasteiger partial charge in [-0.3, -0.25) is 0 Å². The molecule has 20 heavy (non-hydrogen) atoms. The highest BCUT2D eigenvalue weighted by Crippen LogP contribution is 2.39. The zero-order valence-electron chi connectivity index (χ0n) is 13.7. The zero-order chi connectivity index (χ0) is 14.6. The van der Waals surface area contributed by atoms with Crippen LogP contribution in [0.1, 0.15) is 59.3 Å². The van der Waals surface area contributed by atoms with Crippen molar-refractivity contribution in [2.45, 2.75) is 71.4 Å². The third-order valence-electron chi connectivity index (χ3n) is 5.26. The van der Waals surface area contributed by atoms with E-state index in [1.807, 2.05) is 0 Å². The Balaban J connectivity index is 1.94. The monoisotopic (exact) mass is 282 g/mol. The van der Waals surface area contributed by atoms with Gasteiger partial charge in [0.05, 0.1) is 6.10 Å². The number of aliphatic hydroxyl groups is 1. The molecular weight excluding hydrogens is 248 g/mol. The topological polar surface area (TPSA) is 35.5 Å². The van der Waals surface area contributed by atoms with Gasteiger partial charge >= 0.3 is 0 Å². The molecule has 1 saturated carbocycles. The van der Waals surface area contributed by atoms with Gasteiger partial charge < -0.3 is 15.3 Å². The summed E-state index contributed by atoms with van der Waals surface area (Å²) < 4.78 is 0. The maximum atomic E-state index is 9.90. The molecule has 2 N–H and O–H groups in total. The van der Waals surface area contributed by atoms with Gasteiger partial charge in [-0.2, -0.15) is 0 Å². The first-order valence-electron chi connectivity index (χ1n) is 8.63. The molecule has 118 valence electrons. The highest BCUT2D eigenvalue weighted by Gasteiger charge is 2.36. The lowest BCUT2D eigenvalue weighted by molar-refractivity contribution is 0.0251. The molecule has 2 fully saturated rings. The van der Waals surface area contributed by atoms with Crippen molar-refractivity contribution in [3.8, 4) is 0 Å². The molecule has 0 spiro atoms. The molecule has 3 heteroatoms. The molecule has 2 rings (SSSR count). The molecule has 0 bridgehead atoms. The second-order valence-electron chi connectivity index (χ2n) is 7.75. The number of likely N-dealkylation sites (tertiary alicyclic amines) is 1. The number of β-amino-alcohol motifs (C(OH)–C–C–N with tert-alkyl or cyclic N) is 1. The second-order valence-corrected chi connectivity index (χ2v) is 7.75. The summed E-state index contributed by atoms with van der Waals surface area (Å²) in [6.07, 6.45) is 7.49. The maximum Gasteiger partial charge on any atom is 0.0667 e. The van der Waals surface area contributed by atoms with Crippen molar-refractivity contribution < 1.29 is 5.11 Å². The van der Waals surface area contributed by atoms with E-state index in [4.69, 9.17) is 0 Å². The fourth-order valence-corrected chi connectivity index (χ4v) is 3.84. The summed E-state index contributed by atoms with van der Waals surface area (Å²) in [4.78, 5) is 2.52. The van der Waals surface area contributed by atoms with Crippen LogP contribution in [0.25, 0.3) is 0 Å². The highest BCUT2D eigenvalue weighted by atomic mass is 16.3. The quantitative estimate of drug-likeness (QED) is 0.814. The summed E-state index contributed by atoms with van der Waals surface area (Å²) >= 11 is 0. The van der Waals surface area contributed by atoms with Gasteiger partial charge in [0.25, 0.3) is 0 Å². The van der Waals surface area contributed by atoms with E-state index in [0.717, 1.165) is 31.8 Å². The van der Waals surface area contributed by atoms with E-state index in [1.54, 1.807) is 0 Å². The van der Waals surface area contributed by atoms with Gasteiger partial charge in [-0.15, -0.1) is 0 Å². The normalized spacial score (nSPS) is 36.5. The smallest absolute Gasteiger partial charge is 0.0667 e. The Morgan fingerprint density at radius 1 is 1.25 bits per heavy atom. The van der Waals surface area contributed by atoms with Crippen LogP contribution in [0.2, 0.25) is 0 Å². The Bertz CT molecular complexity index is 285. The van der Waals surface area contributed by atoms with Crippen molar-refractivity contribution in [2.75, 3.05) is 26.2 Å². The Kier molecular flexibility index (Phi) is 5.88. The second kappa shape index (κ2) is 7.24. The van der Waals surface area contributed by atoms with Crippen LogP contribution in [0.15, 0.2) is 0 Å². The molecule has 1 heterocycles. The van der Waals surface area contributed by atoms with Gasteiger partial charge in [0.2, 0.25) is 0 Å². The molecule has 1 atom stereocenters. The Labute approximate surface area is 125 Å². The van der Waals surface area contributed by atoms with Crippen LogP contribution in [0.4, 0.5) is 0 Å². The Morgan fingerprint density at radius 3 is 2.55 bits per heavy atom. The van der Waals surface area contributed by atoms with Crippen molar-refractivity contribution in [1.29, 1.82) is 0 Å². The third-order valence-corrected chi connectivity index (χ3v) is 5.26. The summed E-state index contributed by atoms with van der Waals surface area (Å²) in [5.41, 5.74) is 0.438. The van der Waals surface area contributed by atoms with Crippen LogP contribution in [-0.4, -0.2) is 48.3 Å². The summed E-state index contributed by atoms with van der Waals surface area (Å²) in [5.74, 6) is 0.897. The van der Waals surface area contributed by atoms with Gasteiger partial charge in [0.1, 0.15) is 0 Å². The average Bonchev–Trinajstić information content (AvgIpc) is 2.40. The zero-order valence-corrected chi connectivity index (χ0v) is 13.7. The number of nitrogens with zero attached hydrogens (tertiary/aromatic N) is 1. The lowest BCUT2D eigenvalue weighted by Gasteiger charge is -2.45. The van der Waals surface area contributed by atoms with Crippen LogP contribution in [0, 0.1) is 11.3 Å². The molecule has 1 aliphatic carbocycles. The fourth-order valence-electron chi connectivity index (χ4n) is 3.84. The lowest BCUT2D eigenvalue weighted by atomic mass is 9.70. The highest BCUT2D eigenvalue weighted by molar-refractivity contribution is 4.91. The molecule has 0 amide bonds. The van der Waals surface area contributed by atoms with E-state index in [0.29, 0.717) is 11.5 Å². The molecule has 0 aromatic heterocycles. The van der Waals surface area contributed by atoms with Gasteiger partial charge in [-0.1, -0.05) is 33.6 Å². The first-order chi connectivity index (χ1) is 9.49. The summed E-state index contributed by atoms with van der Waals surface area (Å²) in [7, 11) is 0. The van der Waals surface area contributed by atoms with Crippen LogP contribution >= 0.6 is 0 Å². The molecule has 2 aliphatic rings. The molecule has 1 saturated heterocycles. The van der Waals surface area contributed by atoms with E-state index in [-0.39, 0.29) is 6.10 Å². The predicted molar refractivity (Wildman–Crippen MR) is 84.9 cm³/mol. The van der Waals surface area contributed by atoms with E-state index in [9.17, 15) is 5.11 Å². The predicted octanol–water partition coefficient (Wildman–Crippen LogP) is 2.64. The molecular formula is C17H34N2O. The summed E-state index contributed by atoms with van der Waals surface area (Å²) in [6, 6.07) is 0.568. The third kappa shape index (κ3) is 4.71. The Morgan fingerprint density at radius 2 is 1.95 bits per heavy atom. The minimum atomic E-state index is -0.0960. The van der Waals surface area contributed by atoms with Gasteiger partial charge in [-0.25, -0.2) is 0 Å². The molecule has 1 unspecified atom stereocenters. The van der Waals surface area contributed by atoms with Crippen molar-refractivity contribution >= 4 is 0 Å². The van der Waals surface area contributed by atoms with Crippen molar-refractivity contribution in [1.82, 2.24) is 10.2 Å². The van der Waals surface area contributed by atoms with E-state index < -0.39 is 0 Å². The SMILES string of the molecule is CC1CCC(CNC(C)C)(CN2CCCC(O)C2)CC1. The number of piperidine rings is 1. The van der Waals surface area contributed by atoms with Crippen LogP contribution < -0.4 is 5.32 Å². The fraction of sp³-hybridized carbons (Fsp3) is 1.00. The summed E-state index contributed by atoms with van der Waals surface area (Å²) in [5, 5.41) is 13.6. The van der Waals surface area contributed by atoms with Crippen LogP contribution in [-0.2, 0) is 0 Å². The number of hydrogen-bond acceptors (Lipinski definition) is 3. The number of rotatable bonds is 5. The maximum absolute atomic E-state index is 9.90. The minimum Gasteiger partial charge on any atom is -0.392 e. The van der Waals surface area contributed by atoms with Gasteiger partial charge in [0, 0.05) is 25.7 Å². The Hall–Kier alpha value is -0.120. The first-order valence-corrected chi connectivity index (χ1v) is 8.63. The number of aliphatic hydroxyl groups excluding tert-OH is 1. The van der Waals surface area contributed by atoms with Crippen molar-refractivity contribution in [3.05, 3.63) is 0 Å².